The molecule has 0 aliphatic heterocycles. The van der Waals surface area contributed by atoms with Crippen LogP contribution < -0.4 is 14.8 Å². The molecule has 0 aliphatic carbocycles. The number of carbonyl (C=O) groups excluding carboxylic acids is 1. The fourth-order valence-electron chi connectivity index (χ4n) is 2.98. The number of hydrogen-bond acceptors (Lipinski definition) is 8. The third-order valence-electron chi connectivity index (χ3n) is 4.67. The van der Waals surface area contributed by atoms with Crippen LogP contribution in [0.25, 0.3) is 22.8 Å². The van der Waals surface area contributed by atoms with Crippen LogP contribution >= 0.6 is 11.3 Å². The zero-order valence-corrected chi connectivity index (χ0v) is 19.4. The number of benzene rings is 2. The first-order valence-corrected chi connectivity index (χ1v) is 11.5. The molecular formula is C24H24N4O4S. The van der Waals surface area contributed by atoms with Crippen molar-refractivity contribution in [2.45, 2.75) is 26.7 Å². The van der Waals surface area contributed by atoms with E-state index in [4.69, 9.17) is 14.0 Å². The summed E-state index contributed by atoms with van der Waals surface area (Å²) in [7, 11) is 0. The Hall–Kier alpha value is -3.72. The van der Waals surface area contributed by atoms with Crippen LogP contribution in [0.3, 0.4) is 0 Å². The van der Waals surface area contributed by atoms with Gasteiger partial charge in [0.15, 0.2) is 23.2 Å². The molecule has 9 heteroatoms. The summed E-state index contributed by atoms with van der Waals surface area (Å²) >= 11 is 1.39. The highest BCUT2D eigenvalue weighted by molar-refractivity contribution is 7.13. The second-order valence-corrected chi connectivity index (χ2v) is 8.31. The summed E-state index contributed by atoms with van der Waals surface area (Å²) in [5.74, 6) is 1.82. The van der Waals surface area contributed by atoms with Crippen molar-refractivity contribution in [1.29, 1.82) is 0 Å². The smallest absolute Gasteiger partial charge is 0.264 e. The van der Waals surface area contributed by atoms with Crippen molar-refractivity contribution in [1.82, 2.24) is 15.1 Å². The number of anilines is 1. The first kappa shape index (κ1) is 22.5. The average molecular weight is 465 g/mol. The Morgan fingerprint density at radius 3 is 2.61 bits per heavy atom. The van der Waals surface area contributed by atoms with E-state index in [-0.39, 0.29) is 12.5 Å². The molecule has 1 amide bonds. The van der Waals surface area contributed by atoms with Crippen LogP contribution in [0.5, 0.6) is 11.5 Å². The van der Waals surface area contributed by atoms with Crippen LogP contribution in [0, 0.1) is 0 Å². The normalized spacial score (nSPS) is 10.9. The van der Waals surface area contributed by atoms with Gasteiger partial charge >= 0.3 is 0 Å². The molecule has 2 aromatic carbocycles. The highest BCUT2D eigenvalue weighted by Gasteiger charge is 2.15. The first-order chi connectivity index (χ1) is 16.0. The van der Waals surface area contributed by atoms with Crippen molar-refractivity contribution in [2.24, 2.45) is 0 Å². The van der Waals surface area contributed by atoms with Gasteiger partial charge in [-0.15, -0.1) is 11.3 Å². The lowest BCUT2D eigenvalue weighted by Gasteiger charge is -2.12. The lowest BCUT2D eigenvalue weighted by molar-refractivity contribution is -0.118. The zero-order valence-electron chi connectivity index (χ0n) is 18.6. The molecule has 0 unspecified atom stereocenters. The van der Waals surface area contributed by atoms with E-state index in [0.717, 1.165) is 11.3 Å². The molecule has 4 rings (SSSR count). The number of carbonyl (C=O) groups is 1. The number of nitrogens with one attached hydrogen (secondary N) is 1. The monoisotopic (exact) mass is 464 g/mol. The summed E-state index contributed by atoms with van der Waals surface area (Å²) < 4.78 is 16.8. The van der Waals surface area contributed by atoms with E-state index in [1.54, 1.807) is 18.2 Å². The van der Waals surface area contributed by atoms with Crippen LogP contribution in [0.2, 0.25) is 0 Å². The minimum atomic E-state index is -0.295. The van der Waals surface area contributed by atoms with Crippen molar-refractivity contribution in [3.8, 4) is 34.3 Å². The molecule has 1 N–H and O–H groups in total. The number of nitrogens with zero attached hydrogens (tertiary/aromatic N) is 3. The molecule has 0 radical (unpaired) electrons. The number of ether oxygens (including phenoxy) is 2. The van der Waals surface area contributed by atoms with Crippen LogP contribution in [-0.4, -0.2) is 34.2 Å². The Labute approximate surface area is 195 Å². The lowest BCUT2D eigenvalue weighted by atomic mass is 10.2. The number of thiazole rings is 1. The van der Waals surface area contributed by atoms with E-state index in [1.165, 1.54) is 11.3 Å². The van der Waals surface area contributed by atoms with Gasteiger partial charge in [-0.25, -0.2) is 4.98 Å². The van der Waals surface area contributed by atoms with E-state index in [0.29, 0.717) is 46.4 Å². The molecule has 0 bridgehead atoms. The topological polar surface area (TPSA) is 99.4 Å². The molecule has 33 heavy (non-hydrogen) atoms. The van der Waals surface area contributed by atoms with Crippen LogP contribution in [0.15, 0.2) is 58.4 Å². The summed E-state index contributed by atoms with van der Waals surface area (Å²) in [5.41, 5.74) is 2.50. The average Bonchev–Trinajstić information content (AvgIpc) is 3.49. The third kappa shape index (κ3) is 5.56. The Morgan fingerprint density at radius 1 is 1.06 bits per heavy atom. The number of hydrogen-bond donors (Lipinski definition) is 1. The van der Waals surface area contributed by atoms with Gasteiger partial charge in [0.1, 0.15) is 0 Å². The maximum Gasteiger partial charge on any atom is 0.264 e. The summed E-state index contributed by atoms with van der Waals surface area (Å²) in [6.07, 6.45) is 0. The van der Waals surface area contributed by atoms with E-state index in [1.807, 2.05) is 42.6 Å². The van der Waals surface area contributed by atoms with E-state index >= 15 is 0 Å². The first-order valence-electron chi connectivity index (χ1n) is 10.6. The van der Waals surface area contributed by atoms with Gasteiger partial charge in [-0.3, -0.25) is 10.1 Å². The Balaban J connectivity index is 1.44. The van der Waals surface area contributed by atoms with Gasteiger partial charge in [0.05, 0.1) is 12.3 Å². The molecule has 0 spiro atoms. The minimum absolute atomic E-state index is 0.170. The second kappa shape index (κ2) is 10.3. The SMILES string of the molecule is CCOc1cc(-c2noc(-c3ccccc3)n2)ccc1OCC(=O)Nc1nc(C(C)C)cs1. The summed E-state index contributed by atoms with van der Waals surface area (Å²) in [5, 5.41) is 9.33. The van der Waals surface area contributed by atoms with Crippen molar-refractivity contribution in [3.63, 3.8) is 0 Å². The molecule has 8 nitrogen and oxygen atoms in total. The van der Waals surface area contributed by atoms with Crippen molar-refractivity contribution in [2.75, 3.05) is 18.5 Å². The molecule has 0 saturated heterocycles. The van der Waals surface area contributed by atoms with Crippen molar-refractivity contribution in [3.05, 3.63) is 59.6 Å². The van der Waals surface area contributed by atoms with E-state index in [2.05, 4.69) is 34.3 Å². The maximum atomic E-state index is 12.3. The van der Waals surface area contributed by atoms with Crippen molar-refractivity contribution < 1.29 is 18.8 Å². The fraction of sp³-hybridized carbons (Fsp3) is 0.250. The predicted molar refractivity (Wildman–Crippen MR) is 127 cm³/mol. The van der Waals surface area contributed by atoms with Gasteiger partial charge in [-0.2, -0.15) is 4.98 Å². The molecule has 0 atom stereocenters. The number of rotatable bonds is 9. The van der Waals surface area contributed by atoms with Gasteiger partial charge in [-0.05, 0) is 43.2 Å². The van der Waals surface area contributed by atoms with Gasteiger partial charge < -0.3 is 14.0 Å². The number of amides is 1. The van der Waals surface area contributed by atoms with Gasteiger partial charge in [0.25, 0.3) is 11.8 Å². The molecule has 2 aromatic heterocycles. The molecule has 0 fully saturated rings. The maximum absolute atomic E-state index is 12.3. The van der Waals surface area contributed by atoms with Gasteiger partial charge in [0, 0.05) is 16.5 Å². The lowest BCUT2D eigenvalue weighted by Crippen LogP contribution is -2.20. The van der Waals surface area contributed by atoms with Crippen LogP contribution in [0.1, 0.15) is 32.4 Å². The highest BCUT2D eigenvalue weighted by atomic mass is 32.1. The minimum Gasteiger partial charge on any atom is -0.490 e. The van der Waals surface area contributed by atoms with Crippen molar-refractivity contribution >= 4 is 22.4 Å². The molecular weight excluding hydrogens is 440 g/mol. The molecule has 0 aliphatic rings. The predicted octanol–water partition coefficient (Wildman–Crippen LogP) is 5.40. The Bertz CT molecular complexity index is 1220. The Morgan fingerprint density at radius 2 is 1.88 bits per heavy atom. The Kier molecular flexibility index (Phi) is 6.99. The second-order valence-electron chi connectivity index (χ2n) is 7.45. The van der Waals surface area contributed by atoms with E-state index < -0.39 is 0 Å². The summed E-state index contributed by atoms with van der Waals surface area (Å²) in [4.78, 5) is 21.2. The molecule has 170 valence electrons. The van der Waals surface area contributed by atoms with Crippen LogP contribution in [0.4, 0.5) is 5.13 Å². The zero-order chi connectivity index (χ0) is 23.2. The van der Waals surface area contributed by atoms with E-state index in [9.17, 15) is 4.79 Å². The quantitative estimate of drug-likeness (QED) is 0.354. The summed E-state index contributed by atoms with van der Waals surface area (Å²) in [6.45, 7) is 6.25. The van der Waals surface area contributed by atoms with Gasteiger partial charge in [0.2, 0.25) is 5.82 Å². The molecule has 4 aromatic rings. The van der Waals surface area contributed by atoms with Gasteiger partial charge in [-0.1, -0.05) is 37.2 Å². The largest absolute Gasteiger partial charge is 0.490 e. The fourth-order valence-corrected chi connectivity index (χ4v) is 3.87. The highest BCUT2D eigenvalue weighted by Crippen LogP contribution is 2.33. The summed E-state index contributed by atoms with van der Waals surface area (Å²) in [6, 6.07) is 14.8. The standard InChI is InChI=1S/C24H24N4O4S/c1-4-30-20-12-17(22-27-23(32-28-22)16-8-6-5-7-9-16)10-11-19(20)31-13-21(29)26-24-25-18(14-33-24)15(2)3/h5-12,14-15H,4,13H2,1-3H3,(H,25,26,29). The molecule has 2 heterocycles. The molecule has 0 saturated carbocycles. The third-order valence-corrected chi connectivity index (χ3v) is 5.44. The van der Waals surface area contributed by atoms with Crippen LogP contribution in [-0.2, 0) is 4.79 Å². The number of aromatic nitrogens is 3.